The predicted octanol–water partition coefficient (Wildman–Crippen LogP) is 1.17. The van der Waals surface area contributed by atoms with Crippen molar-refractivity contribution in [3.05, 3.63) is 23.8 Å². The number of rotatable bonds is 10. The predicted molar refractivity (Wildman–Crippen MR) is 96.8 cm³/mol. The molecule has 0 radical (unpaired) electrons. The molecule has 1 aromatic carbocycles. The minimum Gasteiger partial charge on any atom is -0.493 e. The second kappa shape index (κ2) is 10.6. The SMILES string of the molecule is CCNC(=O)COc1ccc(CNC(=O)CN(C)C(C)C)cc1OC. The van der Waals surface area contributed by atoms with Crippen molar-refractivity contribution in [2.75, 3.05) is 33.9 Å². The summed E-state index contributed by atoms with van der Waals surface area (Å²) >= 11 is 0. The standard InChI is InChI=1S/C18H29N3O4/c1-6-19-18(23)12-25-15-8-7-14(9-16(15)24-5)10-20-17(22)11-21(4)13(2)3/h7-9,13H,6,10-12H2,1-5H3,(H,19,23)(H,20,22). The van der Waals surface area contributed by atoms with Crippen molar-refractivity contribution in [3.8, 4) is 11.5 Å². The van der Waals surface area contributed by atoms with Crippen LogP contribution in [0.3, 0.4) is 0 Å². The Kier molecular flexibility index (Phi) is 8.77. The summed E-state index contributed by atoms with van der Waals surface area (Å²) in [7, 11) is 3.45. The van der Waals surface area contributed by atoms with E-state index in [0.717, 1.165) is 5.56 Å². The molecule has 0 aliphatic rings. The lowest BCUT2D eigenvalue weighted by atomic mass is 10.2. The molecule has 2 amide bonds. The number of amides is 2. The molecule has 0 saturated heterocycles. The van der Waals surface area contributed by atoms with Crippen LogP contribution < -0.4 is 20.1 Å². The molecule has 7 heteroatoms. The van der Waals surface area contributed by atoms with Crippen LogP contribution in [0.2, 0.25) is 0 Å². The lowest BCUT2D eigenvalue weighted by Gasteiger charge is -2.20. The number of ether oxygens (including phenoxy) is 2. The van der Waals surface area contributed by atoms with Crippen LogP contribution in [-0.2, 0) is 16.1 Å². The van der Waals surface area contributed by atoms with Gasteiger partial charge in [-0.25, -0.2) is 0 Å². The Morgan fingerprint density at radius 3 is 2.48 bits per heavy atom. The molecule has 0 atom stereocenters. The fraction of sp³-hybridized carbons (Fsp3) is 0.556. The maximum absolute atomic E-state index is 11.9. The molecule has 0 aliphatic heterocycles. The van der Waals surface area contributed by atoms with Gasteiger partial charge in [-0.15, -0.1) is 0 Å². The number of methoxy groups -OCH3 is 1. The van der Waals surface area contributed by atoms with Crippen LogP contribution in [0, 0.1) is 0 Å². The summed E-state index contributed by atoms with van der Waals surface area (Å²) < 4.78 is 10.8. The van der Waals surface area contributed by atoms with Gasteiger partial charge in [0.1, 0.15) is 0 Å². The fourth-order valence-electron chi connectivity index (χ4n) is 2.00. The first kappa shape index (κ1) is 20.8. The summed E-state index contributed by atoms with van der Waals surface area (Å²) in [5.41, 5.74) is 0.891. The maximum atomic E-state index is 11.9. The zero-order valence-electron chi connectivity index (χ0n) is 15.7. The van der Waals surface area contributed by atoms with Crippen LogP contribution in [0.5, 0.6) is 11.5 Å². The van der Waals surface area contributed by atoms with Gasteiger partial charge in [0, 0.05) is 19.1 Å². The Bertz CT molecular complexity index is 575. The Hall–Kier alpha value is -2.28. The van der Waals surface area contributed by atoms with Gasteiger partial charge in [0.2, 0.25) is 5.91 Å². The van der Waals surface area contributed by atoms with E-state index >= 15 is 0 Å². The number of hydrogen-bond acceptors (Lipinski definition) is 5. The van der Waals surface area contributed by atoms with Gasteiger partial charge in [-0.1, -0.05) is 6.07 Å². The lowest BCUT2D eigenvalue weighted by molar-refractivity contribution is -0.123. The van der Waals surface area contributed by atoms with Crippen molar-refractivity contribution >= 4 is 11.8 Å². The van der Waals surface area contributed by atoms with Gasteiger partial charge < -0.3 is 20.1 Å². The van der Waals surface area contributed by atoms with Gasteiger partial charge in [0.25, 0.3) is 5.91 Å². The van der Waals surface area contributed by atoms with Crippen molar-refractivity contribution < 1.29 is 19.1 Å². The minimum atomic E-state index is -0.185. The molecule has 0 unspecified atom stereocenters. The van der Waals surface area contributed by atoms with Crippen molar-refractivity contribution in [2.24, 2.45) is 0 Å². The number of carbonyl (C=O) groups excluding carboxylic acids is 2. The van der Waals surface area contributed by atoms with E-state index in [0.29, 0.717) is 37.2 Å². The zero-order chi connectivity index (χ0) is 18.8. The molecular weight excluding hydrogens is 322 g/mol. The maximum Gasteiger partial charge on any atom is 0.257 e. The monoisotopic (exact) mass is 351 g/mol. The van der Waals surface area contributed by atoms with E-state index in [1.54, 1.807) is 12.1 Å². The first-order valence-electron chi connectivity index (χ1n) is 8.40. The largest absolute Gasteiger partial charge is 0.493 e. The average molecular weight is 351 g/mol. The molecule has 0 aliphatic carbocycles. The average Bonchev–Trinajstić information content (AvgIpc) is 2.58. The Morgan fingerprint density at radius 1 is 1.16 bits per heavy atom. The molecule has 25 heavy (non-hydrogen) atoms. The highest BCUT2D eigenvalue weighted by Gasteiger charge is 2.11. The van der Waals surface area contributed by atoms with Crippen LogP contribution in [0.4, 0.5) is 0 Å². The number of carbonyl (C=O) groups is 2. The lowest BCUT2D eigenvalue weighted by Crippen LogP contribution is -2.38. The normalized spacial score (nSPS) is 10.7. The summed E-state index contributed by atoms with van der Waals surface area (Å²) in [6, 6.07) is 5.67. The number of nitrogens with zero attached hydrogens (tertiary/aromatic N) is 1. The van der Waals surface area contributed by atoms with Gasteiger partial charge in [0.15, 0.2) is 18.1 Å². The third kappa shape index (κ3) is 7.43. The molecule has 0 saturated carbocycles. The van der Waals surface area contributed by atoms with Crippen LogP contribution in [-0.4, -0.2) is 56.6 Å². The molecule has 2 N–H and O–H groups in total. The van der Waals surface area contributed by atoms with E-state index in [1.165, 1.54) is 7.11 Å². The number of hydrogen-bond donors (Lipinski definition) is 2. The summed E-state index contributed by atoms with van der Waals surface area (Å²) in [6.07, 6.45) is 0. The van der Waals surface area contributed by atoms with E-state index < -0.39 is 0 Å². The van der Waals surface area contributed by atoms with Crippen molar-refractivity contribution in [1.82, 2.24) is 15.5 Å². The summed E-state index contributed by atoms with van der Waals surface area (Å²) in [5.74, 6) is 0.792. The Morgan fingerprint density at radius 2 is 1.88 bits per heavy atom. The van der Waals surface area contributed by atoms with Gasteiger partial charge >= 0.3 is 0 Å². The van der Waals surface area contributed by atoms with Crippen molar-refractivity contribution in [1.29, 1.82) is 0 Å². The van der Waals surface area contributed by atoms with E-state index in [-0.39, 0.29) is 18.4 Å². The number of benzene rings is 1. The highest BCUT2D eigenvalue weighted by molar-refractivity contribution is 5.78. The smallest absolute Gasteiger partial charge is 0.257 e. The van der Waals surface area contributed by atoms with Gasteiger partial charge in [-0.2, -0.15) is 0 Å². The van der Waals surface area contributed by atoms with E-state index in [2.05, 4.69) is 10.6 Å². The third-order valence-corrected chi connectivity index (χ3v) is 3.72. The second-order valence-electron chi connectivity index (χ2n) is 6.01. The van der Waals surface area contributed by atoms with Gasteiger partial charge in [0.05, 0.1) is 13.7 Å². The first-order valence-corrected chi connectivity index (χ1v) is 8.40. The molecule has 7 nitrogen and oxygen atoms in total. The number of nitrogens with one attached hydrogen (secondary N) is 2. The summed E-state index contributed by atoms with van der Waals surface area (Å²) in [6.45, 7) is 7.17. The summed E-state index contributed by atoms with van der Waals surface area (Å²) in [4.78, 5) is 25.4. The van der Waals surface area contributed by atoms with Crippen molar-refractivity contribution in [3.63, 3.8) is 0 Å². The second-order valence-corrected chi connectivity index (χ2v) is 6.01. The third-order valence-electron chi connectivity index (χ3n) is 3.72. The zero-order valence-corrected chi connectivity index (χ0v) is 15.7. The van der Waals surface area contributed by atoms with Crippen LogP contribution in [0.1, 0.15) is 26.3 Å². The van der Waals surface area contributed by atoms with Crippen LogP contribution in [0.25, 0.3) is 0 Å². The molecular formula is C18H29N3O4. The van der Waals surface area contributed by atoms with E-state index in [9.17, 15) is 9.59 Å². The first-order chi connectivity index (χ1) is 11.9. The quantitative estimate of drug-likeness (QED) is 0.661. The Balaban J connectivity index is 2.59. The van der Waals surface area contributed by atoms with Gasteiger partial charge in [-0.3, -0.25) is 14.5 Å². The minimum absolute atomic E-state index is 0.0354. The van der Waals surface area contributed by atoms with Crippen molar-refractivity contribution in [2.45, 2.75) is 33.4 Å². The van der Waals surface area contributed by atoms with Crippen LogP contribution >= 0.6 is 0 Å². The molecule has 140 valence electrons. The molecule has 0 heterocycles. The molecule has 1 rings (SSSR count). The molecule has 0 aromatic heterocycles. The number of likely N-dealkylation sites (N-methyl/N-ethyl adjacent to an activating group) is 2. The molecule has 1 aromatic rings. The van der Waals surface area contributed by atoms with Gasteiger partial charge in [-0.05, 0) is 45.5 Å². The van der Waals surface area contributed by atoms with E-state index in [1.807, 2.05) is 38.8 Å². The molecule has 0 fully saturated rings. The van der Waals surface area contributed by atoms with Crippen LogP contribution in [0.15, 0.2) is 18.2 Å². The van der Waals surface area contributed by atoms with E-state index in [4.69, 9.17) is 9.47 Å². The fourth-order valence-corrected chi connectivity index (χ4v) is 2.00. The molecule has 0 spiro atoms. The molecule has 0 bridgehead atoms. The highest BCUT2D eigenvalue weighted by atomic mass is 16.5. The summed E-state index contributed by atoms with van der Waals surface area (Å²) in [5, 5.41) is 5.55. The topological polar surface area (TPSA) is 79.9 Å². The Labute approximate surface area is 149 Å². The highest BCUT2D eigenvalue weighted by Crippen LogP contribution is 2.28.